The Hall–Kier alpha value is -2.62. The van der Waals surface area contributed by atoms with Gasteiger partial charge in [-0.1, -0.05) is 94.3 Å². The van der Waals surface area contributed by atoms with E-state index in [1.54, 1.807) is 0 Å². The summed E-state index contributed by atoms with van der Waals surface area (Å²) in [5.74, 6) is -0.186. The van der Waals surface area contributed by atoms with Gasteiger partial charge < -0.3 is 4.74 Å². The van der Waals surface area contributed by atoms with Gasteiger partial charge >= 0.3 is 6.09 Å². The lowest BCUT2D eigenvalue weighted by Gasteiger charge is -2.28. The molecule has 4 atom stereocenters. The minimum absolute atomic E-state index is 0.159. The van der Waals surface area contributed by atoms with Crippen molar-refractivity contribution in [2.24, 2.45) is 11.8 Å². The highest BCUT2D eigenvalue weighted by Gasteiger charge is 2.48. The first-order chi connectivity index (χ1) is 13.0. The summed E-state index contributed by atoms with van der Waals surface area (Å²) in [5.41, 5.74) is 1.80. The molecule has 1 saturated heterocycles. The second-order valence-electron chi connectivity index (χ2n) is 7.33. The molecule has 0 bridgehead atoms. The first-order valence-electron chi connectivity index (χ1n) is 9.68. The van der Waals surface area contributed by atoms with Crippen LogP contribution < -0.4 is 0 Å². The number of cyclic esters (lactones) is 1. The minimum Gasteiger partial charge on any atom is -0.438 e. The van der Waals surface area contributed by atoms with Crippen molar-refractivity contribution >= 4 is 12.0 Å². The van der Waals surface area contributed by atoms with Crippen LogP contribution in [0.1, 0.15) is 56.9 Å². The van der Waals surface area contributed by atoms with Crippen LogP contribution in [0.2, 0.25) is 0 Å². The molecular formula is C23H27NO3. The number of carbonyl (C=O) groups is 2. The van der Waals surface area contributed by atoms with Gasteiger partial charge in [-0.2, -0.15) is 0 Å². The molecule has 3 rings (SSSR count). The molecule has 27 heavy (non-hydrogen) atoms. The lowest BCUT2D eigenvalue weighted by molar-refractivity contribution is -0.134. The van der Waals surface area contributed by atoms with E-state index in [2.05, 4.69) is 13.8 Å². The largest absolute Gasteiger partial charge is 0.438 e. The fourth-order valence-electron chi connectivity index (χ4n) is 3.74. The van der Waals surface area contributed by atoms with Gasteiger partial charge in [-0.05, 0) is 17.0 Å². The second-order valence-corrected chi connectivity index (χ2v) is 7.33. The maximum atomic E-state index is 13.3. The van der Waals surface area contributed by atoms with Crippen LogP contribution in [0.5, 0.6) is 0 Å². The van der Waals surface area contributed by atoms with E-state index in [0.717, 1.165) is 24.0 Å². The number of amides is 2. The van der Waals surface area contributed by atoms with Gasteiger partial charge in [0, 0.05) is 5.92 Å². The van der Waals surface area contributed by atoms with E-state index in [-0.39, 0.29) is 17.7 Å². The molecule has 1 aliphatic heterocycles. The third kappa shape index (κ3) is 3.90. The summed E-state index contributed by atoms with van der Waals surface area (Å²) in [6.07, 6.45) is 0.906. The number of rotatable bonds is 6. The zero-order chi connectivity index (χ0) is 19.4. The van der Waals surface area contributed by atoms with Crippen LogP contribution >= 0.6 is 0 Å². The van der Waals surface area contributed by atoms with Gasteiger partial charge in [0.2, 0.25) is 5.91 Å². The molecule has 0 radical (unpaired) electrons. The molecule has 2 aromatic carbocycles. The summed E-state index contributed by atoms with van der Waals surface area (Å²) in [6.45, 7) is 6.09. The fraction of sp³-hybridized carbons (Fsp3) is 0.391. The normalized spacial score (nSPS) is 21.6. The van der Waals surface area contributed by atoms with E-state index < -0.39 is 18.2 Å². The smallest absolute Gasteiger partial charge is 0.417 e. The number of hydrogen-bond donors (Lipinski definition) is 0. The predicted octanol–water partition coefficient (Wildman–Crippen LogP) is 5.52. The van der Waals surface area contributed by atoms with E-state index in [1.165, 1.54) is 4.90 Å². The van der Waals surface area contributed by atoms with Crippen molar-refractivity contribution in [2.75, 3.05) is 0 Å². The first kappa shape index (κ1) is 19.2. The first-order valence-corrected chi connectivity index (χ1v) is 9.68. The lowest BCUT2D eigenvalue weighted by Crippen LogP contribution is -2.40. The molecule has 4 unspecified atom stereocenters. The van der Waals surface area contributed by atoms with E-state index in [9.17, 15) is 9.59 Å². The van der Waals surface area contributed by atoms with Crippen LogP contribution in [0, 0.1) is 11.8 Å². The Morgan fingerprint density at radius 3 is 2.11 bits per heavy atom. The van der Waals surface area contributed by atoms with E-state index in [1.807, 2.05) is 67.6 Å². The van der Waals surface area contributed by atoms with Crippen LogP contribution in [0.3, 0.4) is 0 Å². The van der Waals surface area contributed by atoms with Gasteiger partial charge in [-0.15, -0.1) is 0 Å². The van der Waals surface area contributed by atoms with Crippen molar-refractivity contribution in [1.29, 1.82) is 0 Å². The van der Waals surface area contributed by atoms with Crippen molar-refractivity contribution in [3.05, 3.63) is 71.8 Å². The maximum Gasteiger partial charge on any atom is 0.417 e. The van der Waals surface area contributed by atoms with Gasteiger partial charge in [0.25, 0.3) is 0 Å². The Balaban J connectivity index is 1.98. The predicted molar refractivity (Wildman–Crippen MR) is 105 cm³/mol. The monoisotopic (exact) mass is 365 g/mol. The molecule has 1 aliphatic rings. The fourth-order valence-corrected chi connectivity index (χ4v) is 3.74. The summed E-state index contributed by atoms with van der Waals surface area (Å²) in [6, 6.07) is 18.8. The Labute approximate surface area is 161 Å². The molecule has 0 N–H and O–H groups in total. The Kier molecular flexibility index (Phi) is 5.94. The molecule has 2 amide bonds. The van der Waals surface area contributed by atoms with Gasteiger partial charge in [0.05, 0.1) is 0 Å². The molecule has 142 valence electrons. The highest BCUT2D eigenvalue weighted by atomic mass is 16.6. The van der Waals surface area contributed by atoms with Gasteiger partial charge in [0.1, 0.15) is 6.04 Å². The molecule has 4 nitrogen and oxygen atoms in total. The highest BCUT2D eigenvalue weighted by molar-refractivity contribution is 5.95. The third-order valence-electron chi connectivity index (χ3n) is 5.48. The van der Waals surface area contributed by atoms with Crippen LogP contribution in [-0.4, -0.2) is 16.9 Å². The average Bonchev–Trinajstić information content (AvgIpc) is 3.05. The summed E-state index contributed by atoms with van der Waals surface area (Å²) in [5, 5.41) is 0. The van der Waals surface area contributed by atoms with Crippen molar-refractivity contribution < 1.29 is 14.3 Å². The number of nitrogens with zero attached hydrogens (tertiary/aromatic N) is 1. The van der Waals surface area contributed by atoms with Gasteiger partial charge in [0.15, 0.2) is 6.10 Å². The molecule has 0 aliphatic carbocycles. The zero-order valence-electron chi connectivity index (χ0n) is 16.2. The summed E-state index contributed by atoms with van der Waals surface area (Å²) < 4.78 is 5.70. The van der Waals surface area contributed by atoms with Crippen LogP contribution in [0.4, 0.5) is 4.79 Å². The Morgan fingerprint density at radius 2 is 1.56 bits per heavy atom. The van der Waals surface area contributed by atoms with E-state index in [4.69, 9.17) is 4.74 Å². The molecule has 0 aromatic heterocycles. The molecule has 2 aromatic rings. The van der Waals surface area contributed by atoms with Crippen molar-refractivity contribution in [1.82, 2.24) is 4.90 Å². The van der Waals surface area contributed by atoms with E-state index in [0.29, 0.717) is 0 Å². The quantitative estimate of drug-likeness (QED) is 0.677. The Bertz CT molecular complexity index is 775. The third-order valence-corrected chi connectivity index (χ3v) is 5.48. The number of benzene rings is 2. The van der Waals surface area contributed by atoms with Gasteiger partial charge in [-0.25, -0.2) is 9.69 Å². The van der Waals surface area contributed by atoms with Crippen molar-refractivity contribution in [2.45, 2.75) is 45.8 Å². The topological polar surface area (TPSA) is 46.6 Å². The van der Waals surface area contributed by atoms with Crippen molar-refractivity contribution in [3.63, 3.8) is 0 Å². The number of ether oxygens (including phenoxy) is 1. The summed E-state index contributed by atoms with van der Waals surface area (Å²) in [4.78, 5) is 27.3. The van der Waals surface area contributed by atoms with Crippen LogP contribution in [0.15, 0.2) is 60.7 Å². The minimum atomic E-state index is -0.557. The summed E-state index contributed by atoms with van der Waals surface area (Å²) in [7, 11) is 0. The highest BCUT2D eigenvalue weighted by Crippen LogP contribution is 2.44. The lowest BCUT2D eigenvalue weighted by atomic mass is 9.89. The van der Waals surface area contributed by atoms with Gasteiger partial charge in [-0.3, -0.25) is 4.79 Å². The zero-order valence-corrected chi connectivity index (χ0v) is 16.2. The molecule has 1 heterocycles. The molecule has 4 heteroatoms. The maximum absolute atomic E-state index is 13.3. The molecule has 0 saturated carbocycles. The second kappa shape index (κ2) is 8.38. The molecule has 1 fully saturated rings. The number of imide groups is 1. The standard InChI is InChI=1S/C23H27NO3/c1-4-11-16(2)17(3)22(25)24-20(18-12-7-5-8-13-18)21(27-23(24)26)19-14-9-6-10-15-19/h5-10,12-17,20-21H,4,11H2,1-3H3. The van der Waals surface area contributed by atoms with Crippen LogP contribution in [-0.2, 0) is 9.53 Å². The van der Waals surface area contributed by atoms with E-state index >= 15 is 0 Å². The van der Waals surface area contributed by atoms with Crippen molar-refractivity contribution in [3.8, 4) is 0 Å². The molecule has 0 spiro atoms. The van der Waals surface area contributed by atoms with Crippen LogP contribution in [0.25, 0.3) is 0 Å². The number of carbonyl (C=O) groups excluding carboxylic acids is 2. The summed E-state index contributed by atoms with van der Waals surface area (Å²) >= 11 is 0. The molecular weight excluding hydrogens is 338 g/mol. The average molecular weight is 365 g/mol. The Morgan fingerprint density at radius 1 is 1.00 bits per heavy atom. The number of hydrogen-bond acceptors (Lipinski definition) is 3. The SMILES string of the molecule is CCCC(C)C(C)C(=O)N1C(=O)OC(c2ccccc2)C1c1ccccc1.